The first-order chi connectivity index (χ1) is 12.6. The average Bonchev–Trinajstić information content (AvgIpc) is 2.95. The van der Waals surface area contributed by atoms with Gasteiger partial charge in [0.2, 0.25) is 5.95 Å². The highest BCUT2D eigenvalue weighted by Gasteiger charge is 2.22. The zero-order valence-electron chi connectivity index (χ0n) is 14.6. The molecule has 4 N–H and O–H groups in total. The van der Waals surface area contributed by atoms with Crippen LogP contribution >= 0.6 is 0 Å². The molecule has 26 heavy (non-hydrogen) atoms. The topological polar surface area (TPSA) is 96.2 Å². The van der Waals surface area contributed by atoms with Gasteiger partial charge in [-0.25, -0.2) is 14.4 Å². The van der Waals surface area contributed by atoms with Gasteiger partial charge >= 0.3 is 0 Å². The normalized spacial score (nSPS) is 16.8. The SMILES string of the molecule is Cn1ccc(Nc2ncnc(-c3cc4c(cc3F)C([NH3+])CCCC4)n2)n1. The molecule has 8 heteroatoms. The number of benzene rings is 1. The number of hydrogen-bond acceptors (Lipinski definition) is 5. The van der Waals surface area contributed by atoms with Crippen molar-refractivity contribution in [2.75, 3.05) is 5.32 Å². The number of nitrogens with zero attached hydrogens (tertiary/aromatic N) is 5. The summed E-state index contributed by atoms with van der Waals surface area (Å²) < 4.78 is 16.4. The van der Waals surface area contributed by atoms with Crippen molar-refractivity contribution in [1.82, 2.24) is 24.7 Å². The van der Waals surface area contributed by atoms with Gasteiger partial charge in [-0.15, -0.1) is 0 Å². The van der Waals surface area contributed by atoms with E-state index in [1.807, 2.05) is 19.3 Å². The number of fused-ring (bicyclic) bond motifs is 1. The summed E-state index contributed by atoms with van der Waals surface area (Å²) in [7, 11) is 1.82. The maximum Gasteiger partial charge on any atom is 0.231 e. The first-order valence-electron chi connectivity index (χ1n) is 8.71. The Morgan fingerprint density at radius 1 is 1.27 bits per heavy atom. The van der Waals surface area contributed by atoms with Gasteiger partial charge in [0.15, 0.2) is 11.6 Å². The van der Waals surface area contributed by atoms with Crippen LogP contribution in [0.5, 0.6) is 0 Å². The molecule has 0 amide bonds. The van der Waals surface area contributed by atoms with Gasteiger partial charge in [0.25, 0.3) is 0 Å². The number of halogens is 1. The van der Waals surface area contributed by atoms with Gasteiger partial charge in [-0.1, -0.05) is 0 Å². The van der Waals surface area contributed by atoms with Gasteiger partial charge in [-0.2, -0.15) is 10.1 Å². The van der Waals surface area contributed by atoms with E-state index in [4.69, 9.17) is 0 Å². The summed E-state index contributed by atoms with van der Waals surface area (Å²) >= 11 is 0. The van der Waals surface area contributed by atoms with E-state index >= 15 is 0 Å². The maximum atomic E-state index is 14.8. The molecule has 1 unspecified atom stereocenters. The molecule has 1 aliphatic rings. The van der Waals surface area contributed by atoms with Gasteiger partial charge in [0.1, 0.15) is 18.2 Å². The van der Waals surface area contributed by atoms with E-state index in [-0.39, 0.29) is 11.9 Å². The van der Waals surface area contributed by atoms with E-state index in [1.165, 1.54) is 6.33 Å². The van der Waals surface area contributed by atoms with Gasteiger partial charge in [-0.3, -0.25) is 4.68 Å². The summed E-state index contributed by atoms with van der Waals surface area (Å²) in [6.45, 7) is 0. The molecule has 0 spiro atoms. The first kappa shape index (κ1) is 16.6. The van der Waals surface area contributed by atoms with Crippen molar-refractivity contribution >= 4 is 11.8 Å². The third-order valence-electron chi connectivity index (χ3n) is 4.68. The number of hydrogen-bond donors (Lipinski definition) is 2. The van der Waals surface area contributed by atoms with Crippen LogP contribution in [0.25, 0.3) is 11.4 Å². The summed E-state index contributed by atoms with van der Waals surface area (Å²) in [5.41, 5.74) is 6.71. The minimum absolute atomic E-state index is 0.135. The van der Waals surface area contributed by atoms with E-state index < -0.39 is 0 Å². The van der Waals surface area contributed by atoms with Crippen LogP contribution in [0.2, 0.25) is 0 Å². The third-order valence-corrected chi connectivity index (χ3v) is 4.68. The summed E-state index contributed by atoms with van der Waals surface area (Å²) in [5.74, 6) is 0.933. The molecule has 0 fully saturated rings. The van der Waals surface area contributed by atoms with Crippen LogP contribution in [0.1, 0.15) is 36.4 Å². The van der Waals surface area contributed by atoms with Gasteiger partial charge in [0.05, 0.1) is 5.56 Å². The lowest BCUT2D eigenvalue weighted by atomic mass is 9.96. The van der Waals surface area contributed by atoms with Crippen molar-refractivity contribution in [1.29, 1.82) is 0 Å². The summed E-state index contributed by atoms with van der Waals surface area (Å²) in [6, 6.07) is 5.41. The van der Waals surface area contributed by atoms with Crippen LogP contribution in [0.4, 0.5) is 16.2 Å². The Balaban J connectivity index is 1.69. The standard InChI is InChI=1S/C18H20FN7/c1-26-7-6-16(25-26)23-18-22-10-21-17(24-18)13-8-11-4-2-3-5-15(20)12(11)9-14(13)19/h6-10,15H,2-5,20H2,1H3,(H,21,22,23,24,25)/p+1. The van der Waals surface area contributed by atoms with Crippen molar-refractivity contribution in [3.8, 4) is 11.4 Å². The smallest absolute Gasteiger partial charge is 0.231 e. The molecule has 1 atom stereocenters. The fraction of sp³-hybridized carbons (Fsp3) is 0.333. The van der Waals surface area contributed by atoms with Gasteiger partial charge < -0.3 is 11.1 Å². The molecular weight excluding hydrogens is 333 g/mol. The van der Waals surface area contributed by atoms with Crippen molar-refractivity contribution in [2.24, 2.45) is 7.05 Å². The van der Waals surface area contributed by atoms with Crippen molar-refractivity contribution in [3.63, 3.8) is 0 Å². The highest BCUT2D eigenvalue weighted by molar-refractivity contribution is 5.60. The highest BCUT2D eigenvalue weighted by atomic mass is 19.1. The molecule has 4 rings (SSSR count). The van der Waals surface area contributed by atoms with E-state index in [1.54, 1.807) is 16.8 Å². The lowest BCUT2D eigenvalue weighted by molar-refractivity contribution is -0.428. The number of quaternary nitrogens is 1. The minimum atomic E-state index is -0.325. The number of rotatable bonds is 3. The Kier molecular flexibility index (Phi) is 4.34. The lowest BCUT2D eigenvalue weighted by Crippen LogP contribution is -2.53. The van der Waals surface area contributed by atoms with E-state index in [0.29, 0.717) is 23.2 Å². The molecule has 0 aliphatic heterocycles. The highest BCUT2D eigenvalue weighted by Crippen LogP contribution is 2.31. The Hall–Kier alpha value is -2.87. The van der Waals surface area contributed by atoms with Crippen LogP contribution in [0, 0.1) is 5.82 Å². The van der Waals surface area contributed by atoms with Crippen LogP contribution in [-0.2, 0) is 13.5 Å². The van der Waals surface area contributed by atoms with Crippen molar-refractivity contribution in [2.45, 2.75) is 31.7 Å². The van der Waals surface area contributed by atoms with Crippen LogP contribution < -0.4 is 11.1 Å². The van der Waals surface area contributed by atoms with Crippen LogP contribution in [0.3, 0.4) is 0 Å². The molecule has 0 radical (unpaired) electrons. The van der Waals surface area contributed by atoms with E-state index in [9.17, 15) is 4.39 Å². The molecule has 1 aromatic carbocycles. The molecule has 1 aliphatic carbocycles. The second-order valence-electron chi connectivity index (χ2n) is 6.61. The van der Waals surface area contributed by atoms with Crippen molar-refractivity contribution < 1.29 is 10.1 Å². The van der Waals surface area contributed by atoms with E-state index in [0.717, 1.165) is 36.8 Å². The van der Waals surface area contributed by atoms with Gasteiger partial charge in [-0.05, 0) is 37.0 Å². The van der Waals surface area contributed by atoms with Crippen molar-refractivity contribution in [3.05, 3.63) is 47.7 Å². The number of aryl methyl sites for hydroxylation is 2. The lowest BCUT2D eigenvalue weighted by Gasteiger charge is -2.12. The third kappa shape index (κ3) is 3.28. The molecule has 0 saturated carbocycles. The van der Waals surface area contributed by atoms with Crippen LogP contribution in [0.15, 0.2) is 30.7 Å². The summed E-state index contributed by atoms with van der Waals surface area (Å²) in [5, 5.41) is 7.23. The fourth-order valence-corrected chi connectivity index (χ4v) is 3.35. The molecular formula is C18H21FN7+. The molecule has 0 saturated heterocycles. The second kappa shape index (κ2) is 6.80. The van der Waals surface area contributed by atoms with Crippen LogP contribution in [-0.4, -0.2) is 24.7 Å². The fourth-order valence-electron chi connectivity index (χ4n) is 3.35. The zero-order chi connectivity index (χ0) is 18.1. The maximum absolute atomic E-state index is 14.8. The number of anilines is 2. The Morgan fingerprint density at radius 2 is 2.15 bits per heavy atom. The molecule has 134 valence electrons. The average molecular weight is 354 g/mol. The summed E-state index contributed by atoms with van der Waals surface area (Å²) in [6.07, 6.45) is 7.32. The predicted molar refractivity (Wildman–Crippen MR) is 94.9 cm³/mol. The molecule has 2 heterocycles. The Bertz CT molecular complexity index is 937. The zero-order valence-corrected chi connectivity index (χ0v) is 14.6. The number of nitrogens with one attached hydrogen (secondary N) is 1. The monoisotopic (exact) mass is 354 g/mol. The Morgan fingerprint density at radius 3 is 2.96 bits per heavy atom. The minimum Gasteiger partial charge on any atom is -0.351 e. The van der Waals surface area contributed by atoms with Gasteiger partial charge in [0, 0.05) is 31.3 Å². The second-order valence-corrected chi connectivity index (χ2v) is 6.61. The Labute approximate surface area is 150 Å². The number of aromatic nitrogens is 5. The molecule has 2 aromatic heterocycles. The molecule has 3 aromatic rings. The predicted octanol–water partition coefficient (Wildman–Crippen LogP) is 2.16. The quantitative estimate of drug-likeness (QED) is 0.703. The summed E-state index contributed by atoms with van der Waals surface area (Å²) in [4.78, 5) is 12.6. The molecule has 7 nitrogen and oxygen atoms in total. The molecule has 0 bridgehead atoms. The first-order valence-corrected chi connectivity index (χ1v) is 8.71. The largest absolute Gasteiger partial charge is 0.351 e. The van der Waals surface area contributed by atoms with E-state index in [2.05, 4.69) is 31.1 Å².